The Morgan fingerprint density at radius 3 is 2.17 bits per heavy atom. The maximum atomic E-state index is 3.75. The zero-order valence-electron chi connectivity index (χ0n) is 20.0. The van der Waals surface area contributed by atoms with Crippen molar-refractivity contribution >= 4 is 11.0 Å². The van der Waals surface area contributed by atoms with Gasteiger partial charge in [0, 0.05) is 5.41 Å². The molecule has 0 N–H and O–H groups in total. The lowest BCUT2D eigenvalue weighted by Crippen LogP contribution is -2.43. The number of benzene rings is 2. The monoisotopic (exact) mass is 400 g/mol. The molecule has 0 radical (unpaired) electrons. The minimum Gasteiger partial charge on any atom is -0.319 e. The number of hydrogen-bond donors (Lipinski definition) is 0. The number of nitrogens with zero attached hydrogens (tertiary/aromatic N) is 2. The third kappa shape index (κ3) is 2.58. The molecule has 2 aromatic carbocycles. The molecule has 0 fully saturated rings. The second-order valence-electron chi connectivity index (χ2n) is 11.9. The molecule has 0 amide bonds. The first-order valence-electron chi connectivity index (χ1n) is 11.6. The lowest BCUT2D eigenvalue weighted by Gasteiger charge is -2.45. The Bertz CT molecular complexity index is 1170. The van der Waals surface area contributed by atoms with E-state index in [9.17, 15) is 0 Å². The molecule has 1 aliphatic heterocycles. The Hall–Kier alpha value is -2.09. The van der Waals surface area contributed by atoms with Gasteiger partial charge in [0.05, 0.1) is 23.3 Å². The van der Waals surface area contributed by atoms with E-state index in [2.05, 4.69) is 101 Å². The number of imidazole rings is 1. The molecule has 5 rings (SSSR count). The van der Waals surface area contributed by atoms with Crippen LogP contribution in [0.1, 0.15) is 90.5 Å². The fraction of sp³-hybridized carbons (Fsp3) is 0.536. The fourth-order valence-electron chi connectivity index (χ4n) is 5.82. The molecule has 0 bridgehead atoms. The van der Waals surface area contributed by atoms with Crippen molar-refractivity contribution in [2.24, 2.45) is 5.92 Å². The molecule has 30 heavy (non-hydrogen) atoms. The molecule has 2 aliphatic rings. The predicted molar refractivity (Wildman–Crippen MR) is 125 cm³/mol. The first-order chi connectivity index (χ1) is 13.9. The topological polar surface area (TPSA) is 8.81 Å². The Morgan fingerprint density at radius 2 is 1.53 bits per heavy atom. The lowest BCUT2D eigenvalue weighted by molar-refractivity contribution is -0.575. The average Bonchev–Trinajstić information content (AvgIpc) is 3.02. The summed E-state index contributed by atoms with van der Waals surface area (Å²) in [4.78, 5) is 0. The van der Waals surface area contributed by atoms with Crippen molar-refractivity contribution in [2.75, 3.05) is 0 Å². The summed E-state index contributed by atoms with van der Waals surface area (Å²) in [7, 11) is 0. The molecule has 0 atom stereocenters. The molecule has 2 heterocycles. The molecule has 0 spiro atoms. The van der Waals surface area contributed by atoms with Crippen LogP contribution in [0.3, 0.4) is 0 Å². The van der Waals surface area contributed by atoms with E-state index in [1.165, 1.54) is 46.3 Å². The van der Waals surface area contributed by atoms with Gasteiger partial charge in [-0.3, -0.25) is 0 Å². The van der Waals surface area contributed by atoms with Crippen LogP contribution >= 0.6 is 0 Å². The van der Waals surface area contributed by atoms with Gasteiger partial charge < -0.3 is 9.13 Å². The highest BCUT2D eigenvalue weighted by atomic mass is 15.1. The minimum absolute atomic E-state index is 0.0284. The molecule has 0 unspecified atom stereocenters. The SMILES string of the molecule is CC(C)Cn1[c-][n+]2c3c(cccc31)C(C)(C)c1cc3c(cc1-2)C(C)(C)CCC3(C)C. The molecule has 2 nitrogen and oxygen atoms in total. The largest absolute Gasteiger partial charge is 0.319 e. The number of rotatable bonds is 2. The third-order valence-corrected chi connectivity index (χ3v) is 7.85. The van der Waals surface area contributed by atoms with E-state index in [4.69, 9.17) is 0 Å². The number of para-hydroxylation sites is 1. The molecule has 1 aromatic heterocycles. The summed E-state index contributed by atoms with van der Waals surface area (Å²) in [5, 5.41) is 0. The van der Waals surface area contributed by atoms with Crippen LogP contribution in [0.4, 0.5) is 0 Å². The van der Waals surface area contributed by atoms with Crippen LogP contribution in [0.2, 0.25) is 0 Å². The van der Waals surface area contributed by atoms with Crippen molar-refractivity contribution in [1.29, 1.82) is 0 Å². The van der Waals surface area contributed by atoms with Crippen molar-refractivity contribution in [3.8, 4) is 5.69 Å². The van der Waals surface area contributed by atoms with Gasteiger partial charge in [0.1, 0.15) is 0 Å². The zero-order valence-corrected chi connectivity index (χ0v) is 20.0. The van der Waals surface area contributed by atoms with Gasteiger partial charge in [0.2, 0.25) is 6.33 Å². The van der Waals surface area contributed by atoms with Crippen LogP contribution < -0.4 is 4.57 Å². The van der Waals surface area contributed by atoms with Gasteiger partial charge >= 0.3 is 0 Å². The predicted octanol–water partition coefficient (Wildman–Crippen LogP) is 6.36. The molecule has 158 valence electrons. The van der Waals surface area contributed by atoms with Crippen molar-refractivity contribution in [1.82, 2.24) is 4.57 Å². The normalized spacial score (nSPS) is 20.3. The summed E-state index contributed by atoms with van der Waals surface area (Å²) in [6, 6.07) is 11.9. The van der Waals surface area contributed by atoms with Crippen molar-refractivity contribution in [3.05, 3.63) is 58.9 Å². The Morgan fingerprint density at radius 1 is 0.900 bits per heavy atom. The summed E-state index contributed by atoms with van der Waals surface area (Å²) in [6.07, 6.45) is 6.23. The van der Waals surface area contributed by atoms with E-state index in [1.54, 1.807) is 5.56 Å². The van der Waals surface area contributed by atoms with Gasteiger partial charge in [0.15, 0.2) is 0 Å². The second-order valence-corrected chi connectivity index (χ2v) is 11.9. The van der Waals surface area contributed by atoms with Crippen LogP contribution in [0, 0.1) is 12.2 Å². The molecular formula is C28H36N2. The van der Waals surface area contributed by atoms with Crippen molar-refractivity contribution < 1.29 is 4.57 Å². The van der Waals surface area contributed by atoms with E-state index in [0.717, 1.165) is 6.54 Å². The summed E-state index contributed by atoms with van der Waals surface area (Å²) in [5.74, 6) is 0.588. The Balaban J connectivity index is 1.88. The first kappa shape index (κ1) is 19.8. The third-order valence-electron chi connectivity index (χ3n) is 7.85. The lowest BCUT2D eigenvalue weighted by atomic mass is 9.61. The minimum atomic E-state index is -0.0284. The van der Waals surface area contributed by atoms with E-state index < -0.39 is 0 Å². The molecule has 2 heteroatoms. The van der Waals surface area contributed by atoms with Gasteiger partial charge in [-0.15, -0.1) is 0 Å². The molecule has 1 aliphatic carbocycles. The van der Waals surface area contributed by atoms with Crippen LogP contribution in [0.15, 0.2) is 30.3 Å². The highest BCUT2D eigenvalue weighted by Crippen LogP contribution is 2.50. The molecule has 3 aromatic rings. The Labute approximate surface area is 181 Å². The zero-order chi connectivity index (χ0) is 21.6. The maximum absolute atomic E-state index is 3.75. The van der Waals surface area contributed by atoms with E-state index in [-0.39, 0.29) is 16.2 Å². The van der Waals surface area contributed by atoms with Crippen molar-refractivity contribution in [2.45, 2.75) is 91.0 Å². The quantitative estimate of drug-likeness (QED) is 0.349. The van der Waals surface area contributed by atoms with E-state index >= 15 is 0 Å². The van der Waals surface area contributed by atoms with Gasteiger partial charge in [-0.05, 0) is 51.8 Å². The maximum Gasteiger partial charge on any atom is 0.244 e. The van der Waals surface area contributed by atoms with Crippen LogP contribution in [0.5, 0.6) is 0 Å². The number of aromatic nitrogens is 2. The highest BCUT2D eigenvalue weighted by molar-refractivity contribution is 5.80. The highest BCUT2D eigenvalue weighted by Gasteiger charge is 2.41. The first-order valence-corrected chi connectivity index (χ1v) is 11.6. The van der Waals surface area contributed by atoms with Gasteiger partial charge in [-0.2, -0.15) is 0 Å². The van der Waals surface area contributed by atoms with Gasteiger partial charge in [0.25, 0.3) is 0 Å². The van der Waals surface area contributed by atoms with Crippen LogP contribution in [0.25, 0.3) is 16.7 Å². The Kier molecular flexibility index (Phi) is 3.96. The second kappa shape index (κ2) is 5.99. The summed E-state index contributed by atoms with van der Waals surface area (Å²) < 4.78 is 4.70. The van der Waals surface area contributed by atoms with Crippen LogP contribution in [-0.4, -0.2) is 4.57 Å². The summed E-state index contributed by atoms with van der Waals surface area (Å²) >= 11 is 0. The van der Waals surface area contributed by atoms with Gasteiger partial charge in [-0.25, -0.2) is 0 Å². The number of hydrogen-bond acceptors (Lipinski definition) is 0. The van der Waals surface area contributed by atoms with Gasteiger partial charge in [-0.1, -0.05) is 85.7 Å². The average molecular weight is 401 g/mol. The fourth-order valence-corrected chi connectivity index (χ4v) is 5.82. The van der Waals surface area contributed by atoms with Crippen molar-refractivity contribution in [3.63, 3.8) is 0 Å². The molecular weight excluding hydrogens is 364 g/mol. The smallest absolute Gasteiger partial charge is 0.244 e. The number of fused-ring (bicyclic) bond motifs is 3. The summed E-state index contributed by atoms with van der Waals surface area (Å²) in [5.41, 5.74) is 10.3. The standard InChI is InChI=1S/C28H36N2/c1-18(2)16-29-17-30-24-15-21-20(26(3,4)12-13-27(21,5)6)14-22(24)28(7,8)19-10-9-11-23(29)25(19)30/h9-11,14-15,18H,12-13,16H2,1-8H3. The van der Waals surface area contributed by atoms with E-state index in [0.29, 0.717) is 5.92 Å². The molecule has 0 saturated heterocycles. The van der Waals surface area contributed by atoms with E-state index in [1.807, 2.05) is 0 Å². The summed E-state index contributed by atoms with van der Waals surface area (Å²) in [6.45, 7) is 20.0. The molecule has 0 saturated carbocycles. The van der Waals surface area contributed by atoms with Crippen LogP contribution in [-0.2, 0) is 22.8 Å².